The molecule has 0 atom stereocenters. The van der Waals surface area contributed by atoms with Crippen LogP contribution in [0.25, 0.3) is 10.6 Å². The molecule has 0 fully saturated rings. The molecule has 0 spiro atoms. The highest BCUT2D eigenvalue weighted by Gasteiger charge is 2.09. The molecule has 0 saturated heterocycles. The van der Waals surface area contributed by atoms with Gasteiger partial charge in [0.05, 0.1) is 10.8 Å². The topological polar surface area (TPSA) is 59.9 Å². The molecular formula is C10H9ClN2O2S2. The smallest absolute Gasteiger partial charge is 0.175 e. The van der Waals surface area contributed by atoms with Gasteiger partial charge in [0.15, 0.2) is 9.84 Å². The summed E-state index contributed by atoms with van der Waals surface area (Å²) in [6.07, 6.45) is 1.18. The summed E-state index contributed by atoms with van der Waals surface area (Å²) in [4.78, 5) is 0.295. The molecule has 1 aromatic carbocycles. The van der Waals surface area contributed by atoms with E-state index in [9.17, 15) is 8.42 Å². The molecular weight excluding hydrogens is 280 g/mol. The minimum absolute atomic E-state index is 0.295. The van der Waals surface area contributed by atoms with E-state index < -0.39 is 9.84 Å². The van der Waals surface area contributed by atoms with E-state index in [1.54, 1.807) is 24.3 Å². The first-order valence-electron chi connectivity index (χ1n) is 4.69. The monoisotopic (exact) mass is 288 g/mol. The van der Waals surface area contributed by atoms with Crippen LogP contribution >= 0.6 is 22.9 Å². The van der Waals surface area contributed by atoms with Crippen LogP contribution in [0.2, 0.25) is 0 Å². The molecule has 0 unspecified atom stereocenters. The number of alkyl halides is 1. The van der Waals surface area contributed by atoms with E-state index in [4.69, 9.17) is 11.6 Å². The van der Waals surface area contributed by atoms with Crippen LogP contribution in [0.1, 0.15) is 5.01 Å². The molecule has 0 bridgehead atoms. The van der Waals surface area contributed by atoms with Crippen molar-refractivity contribution < 1.29 is 8.42 Å². The van der Waals surface area contributed by atoms with Crippen molar-refractivity contribution in [2.24, 2.45) is 0 Å². The number of sulfone groups is 1. The number of aromatic nitrogens is 2. The molecule has 1 aromatic heterocycles. The Hall–Kier alpha value is -0.980. The number of benzene rings is 1. The number of halogens is 1. The standard InChI is InChI=1S/C10H9ClN2O2S2/c1-17(14,15)8-4-2-7(3-5-8)10-13-12-9(6-11)16-10/h2-5H,6H2,1H3. The molecule has 0 N–H and O–H groups in total. The second kappa shape index (κ2) is 4.72. The maximum atomic E-state index is 11.3. The van der Waals surface area contributed by atoms with Crippen molar-refractivity contribution in [3.05, 3.63) is 29.3 Å². The molecule has 2 rings (SSSR count). The summed E-state index contributed by atoms with van der Waals surface area (Å²) >= 11 is 7.04. The van der Waals surface area contributed by atoms with Gasteiger partial charge in [0, 0.05) is 11.8 Å². The number of rotatable bonds is 3. The summed E-state index contributed by atoms with van der Waals surface area (Å²) in [5, 5.41) is 9.37. The molecule has 0 saturated carbocycles. The van der Waals surface area contributed by atoms with E-state index in [1.165, 1.54) is 17.6 Å². The largest absolute Gasteiger partial charge is 0.224 e. The average Bonchev–Trinajstić information content (AvgIpc) is 2.76. The fourth-order valence-corrected chi connectivity index (χ4v) is 2.81. The Balaban J connectivity index is 2.35. The molecule has 7 heteroatoms. The van der Waals surface area contributed by atoms with Crippen molar-refractivity contribution in [1.82, 2.24) is 10.2 Å². The summed E-state index contributed by atoms with van der Waals surface area (Å²) in [5.74, 6) is 0.332. The van der Waals surface area contributed by atoms with Crippen LogP contribution in [0.5, 0.6) is 0 Å². The SMILES string of the molecule is CS(=O)(=O)c1ccc(-c2nnc(CCl)s2)cc1. The predicted octanol–water partition coefficient (Wildman–Crippen LogP) is 2.35. The third kappa shape index (κ3) is 2.83. The van der Waals surface area contributed by atoms with Gasteiger partial charge in [-0.25, -0.2) is 8.42 Å². The molecule has 0 aliphatic heterocycles. The predicted molar refractivity (Wildman–Crippen MR) is 68.0 cm³/mol. The van der Waals surface area contributed by atoms with E-state index in [1.807, 2.05) is 0 Å². The van der Waals surface area contributed by atoms with Gasteiger partial charge in [-0.05, 0) is 12.1 Å². The highest BCUT2D eigenvalue weighted by molar-refractivity contribution is 7.90. The van der Waals surface area contributed by atoms with E-state index in [2.05, 4.69) is 10.2 Å². The molecule has 2 aromatic rings. The Kier molecular flexibility index (Phi) is 3.46. The van der Waals surface area contributed by atoms with Crippen LogP contribution in [0.15, 0.2) is 29.2 Å². The van der Waals surface area contributed by atoms with Crippen molar-refractivity contribution in [1.29, 1.82) is 0 Å². The van der Waals surface area contributed by atoms with Gasteiger partial charge < -0.3 is 0 Å². The maximum absolute atomic E-state index is 11.3. The molecule has 1 heterocycles. The third-order valence-corrected chi connectivity index (χ3v) is 4.62. The van der Waals surface area contributed by atoms with Gasteiger partial charge in [-0.3, -0.25) is 0 Å². The summed E-state index contributed by atoms with van der Waals surface area (Å²) < 4.78 is 22.6. The van der Waals surface area contributed by atoms with Gasteiger partial charge in [0.25, 0.3) is 0 Å². The first-order valence-corrected chi connectivity index (χ1v) is 7.94. The van der Waals surface area contributed by atoms with Gasteiger partial charge in [-0.2, -0.15) is 0 Å². The zero-order chi connectivity index (χ0) is 12.5. The van der Waals surface area contributed by atoms with Gasteiger partial charge >= 0.3 is 0 Å². The number of hydrogen-bond donors (Lipinski definition) is 0. The van der Waals surface area contributed by atoms with Crippen LogP contribution < -0.4 is 0 Å². The van der Waals surface area contributed by atoms with E-state index in [-0.39, 0.29) is 0 Å². The Morgan fingerprint density at radius 1 is 1.24 bits per heavy atom. The van der Waals surface area contributed by atoms with Crippen LogP contribution in [-0.4, -0.2) is 24.9 Å². The fraction of sp³-hybridized carbons (Fsp3) is 0.200. The lowest BCUT2D eigenvalue weighted by Crippen LogP contribution is -1.96. The number of hydrogen-bond acceptors (Lipinski definition) is 5. The van der Waals surface area contributed by atoms with Crippen molar-refractivity contribution in [3.8, 4) is 10.6 Å². The van der Waals surface area contributed by atoms with Crippen molar-refractivity contribution in [2.75, 3.05) is 6.26 Å². The maximum Gasteiger partial charge on any atom is 0.175 e. The van der Waals surface area contributed by atoms with Crippen LogP contribution in [-0.2, 0) is 15.7 Å². The zero-order valence-corrected chi connectivity index (χ0v) is 11.3. The van der Waals surface area contributed by atoms with Gasteiger partial charge in [0.1, 0.15) is 10.0 Å². The molecule has 0 radical (unpaired) electrons. The lowest BCUT2D eigenvalue weighted by atomic mass is 10.2. The Morgan fingerprint density at radius 2 is 1.88 bits per heavy atom. The first kappa shape index (κ1) is 12.5. The van der Waals surface area contributed by atoms with Crippen LogP contribution in [0, 0.1) is 0 Å². The average molecular weight is 289 g/mol. The quantitative estimate of drug-likeness (QED) is 0.814. The Labute approximate surface area is 108 Å². The lowest BCUT2D eigenvalue weighted by Gasteiger charge is -1.99. The molecule has 4 nitrogen and oxygen atoms in total. The molecule has 0 aliphatic rings. The van der Waals surface area contributed by atoms with E-state index >= 15 is 0 Å². The van der Waals surface area contributed by atoms with Crippen molar-refractivity contribution in [2.45, 2.75) is 10.8 Å². The van der Waals surface area contributed by atoms with Gasteiger partial charge in [-0.1, -0.05) is 23.5 Å². The first-order chi connectivity index (χ1) is 8.00. The van der Waals surface area contributed by atoms with E-state index in [0.717, 1.165) is 15.6 Å². The van der Waals surface area contributed by atoms with Crippen LogP contribution in [0.4, 0.5) is 0 Å². The number of nitrogens with zero attached hydrogens (tertiary/aromatic N) is 2. The molecule has 0 amide bonds. The summed E-state index contributed by atoms with van der Waals surface area (Å²) in [6.45, 7) is 0. The summed E-state index contributed by atoms with van der Waals surface area (Å²) in [7, 11) is -3.15. The minimum atomic E-state index is -3.15. The molecule has 0 aliphatic carbocycles. The summed E-state index contributed by atoms with van der Waals surface area (Å²) in [5.41, 5.74) is 0.839. The minimum Gasteiger partial charge on any atom is -0.224 e. The van der Waals surface area contributed by atoms with Crippen molar-refractivity contribution in [3.63, 3.8) is 0 Å². The van der Waals surface area contributed by atoms with Crippen LogP contribution in [0.3, 0.4) is 0 Å². The highest BCUT2D eigenvalue weighted by Crippen LogP contribution is 2.25. The fourth-order valence-electron chi connectivity index (χ4n) is 1.27. The summed E-state index contributed by atoms with van der Waals surface area (Å²) in [6, 6.07) is 6.56. The normalized spacial score (nSPS) is 11.6. The Bertz CT molecular complexity index is 620. The Morgan fingerprint density at radius 3 is 2.35 bits per heavy atom. The van der Waals surface area contributed by atoms with Gasteiger partial charge in [0.2, 0.25) is 0 Å². The molecule has 17 heavy (non-hydrogen) atoms. The van der Waals surface area contributed by atoms with E-state index in [0.29, 0.717) is 10.8 Å². The zero-order valence-electron chi connectivity index (χ0n) is 8.92. The second-order valence-electron chi connectivity index (χ2n) is 3.43. The highest BCUT2D eigenvalue weighted by atomic mass is 35.5. The van der Waals surface area contributed by atoms with Crippen molar-refractivity contribution >= 4 is 32.8 Å². The van der Waals surface area contributed by atoms with Gasteiger partial charge in [-0.15, -0.1) is 21.8 Å². The third-order valence-electron chi connectivity index (χ3n) is 2.11. The second-order valence-corrected chi connectivity index (χ2v) is 6.78. The molecule has 90 valence electrons. The lowest BCUT2D eigenvalue weighted by molar-refractivity contribution is 0.602.